The van der Waals surface area contributed by atoms with Crippen molar-refractivity contribution in [1.29, 1.82) is 0 Å². The maximum Gasteiger partial charge on any atom is 0.410 e. The Hall–Kier alpha value is -0.810. The number of hydrogen-bond donors (Lipinski definition) is 0. The van der Waals surface area contributed by atoms with Crippen LogP contribution in [0.3, 0.4) is 0 Å². The SMILES string of the molecule is CC(C)OCC1CN(C(=O)OC(C)(C)C)C[C@H](C)O1. The smallest absolute Gasteiger partial charge is 0.410 e. The molecule has 19 heavy (non-hydrogen) atoms. The summed E-state index contributed by atoms with van der Waals surface area (Å²) in [6.07, 6.45) is -0.200. The molecule has 0 spiro atoms. The van der Waals surface area contributed by atoms with E-state index >= 15 is 0 Å². The molecular formula is C14H27NO4. The molecule has 1 rings (SSSR count). The Morgan fingerprint density at radius 2 is 2.00 bits per heavy atom. The first kappa shape index (κ1) is 16.2. The quantitative estimate of drug-likeness (QED) is 0.792. The molecule has 0 saturated carbocycles. The van der Waals surface area contributed by atoms with Crippen molar-refractivity contribution in [1.82, 2.24) is 4.90 Å². The van der Waals surface area contributed by atoms with Crippen molar-refractivity contribution in [2.75, 3.05) is 19.7 Å². The van der Waals surface area contributed by atoms with E-state index in [4.69, 9.17) is 14.2 Å². The first-order valence-corrected chi connectivity index (χ1v) is 6.92. The van der Waals surface area contributed by atoms with Crippen LogP contribution >= 0.6 is 0 Å². The number of morpholine rings is 1. The van der Waals surface area contributed by atoms with E-state index < -0.39 is 5.60 Å². The lowest BCUT2D eigenvalue weighted by atomic mass is 10.2. The van der Waals surface area contributed by atoms with Crippen molar-refractivity contribution in [3.63, 3.8) is 0 Å². The number of carbonyl (C=O) groups is 1. The predicted molar refractivity (Wildman–Crippen MR) is 73.2 cm³/mol. The van der Waals surface area contributed by atoms with Gasteiger partial charge in [-0.05, 0) is 41.5 Å². The third-order valence-corrected chi connectivity index (χ3v) is 2.59. The minimum Gasteiger partial charge on any atom is -0.444 e. The van der Waals surface area contributed by atoms with E-state index in [1.165, 1.54) is 0 Å². The van der Waals surface area contributed by atoms with Gasteiger partial charge < -0.3 is 19.1 Å². The maximum absolute atomic E-state index is 12.1. The first-order chi connectivity index (χ1) is 8.67. The van der Waals surface area contributed by atoms with Crippen LogP contribution in [0.1, 0.15) is 41.5 Å². The second-order valence-corrected chi connectivity index (χ2v) is 6.34. The number of rotatable bonds is 3. The minimum absolute atomic E-state index is 0.00188. The molecule has 1 heterocycles. The number of hydrogen-bond acceptors (Lipinski definition) is 4. The number of carbonyl (C=O) groups excluding carboxylic acids is 1. The Kier molecular flexibility index (Phi) is 5.62. The molecule has 0 radical (unpaired) electrons. The molecule has 1 amide bonds. The normalized spacial score (nSPS) is 24.7. The van der Waals surface area contributed by atoms with Gasteiger partial charge in [0.2, 0.25) is 0 Å². The lowest BCUT2D eigenvalue weighted by Crippen LogP contribution is -2.51. The number of amides is 1. The highest BCUT2D eigenvalue weighted by Crippen LogP contribution is 2.16. The van der Waals surface area contributed by atoms with Crippen LogP contribution in [0.25, 0.3) is 0 Å². The van der Waals surface area contributed by atoms with Gasteiger partial charge in [0.15, 0.2) is 0 Å². The van der Waals surface area contributed by atoms with Gasteiger partial charge in [0.25, 0.3) is 0 Å². The lowest BCUT2D eigenvalue weighted by molar-refractivity contribution is -0.113. The average Bonchev–Trinajstić information content (AvgIpc) is 2.23. The van der Waals surface area contributed by atoms with Gasteiger partial charge in [-0.25, -0.2) is 4.79 Å². The van der Waals surface area contributed by atoms with Crippen molar-refractivity contribution in [2.24, 2.45) is 0 Å². The van der Waals surface area contributed by atoms with Crippen LogP contribution in [-0.4, -0.2) is 54.6 Å². The summed E-state index contributed by atoms with van der Waals surface area (Å²) in [5.74, 6) is 0. The largest absolute Gasteiger partial charge is 0.444 e. The molecule has 0 aromatic carbocycles. The van der Waals surface area contributed by atoms with Crippen LogP contribution in [-0.2, 0) is 14.2 Å². The van der Waals surface area contributed by atoms with Gasteiger partial charge in [0.1, 0.15) is 5.60 Å². The molecule has 0 bridgehead atoms. The summed E-state index contributed by atoms with van der Waals surface area (Å²) < 4.78 is 16.7. The predicted octanol–water partition coefficient (Wildman–Crippen LogP) is 2.44. The molecular weight excluding hydrogens is 246 g/mol. The molecule has 0 N–H and O–H groups in total. The second kappa shape index (κ2) is 6.57. The van der Waals surface area contributed by atoms with Crippen LogP contribution < -0.4 is 0 Å². The second-order valence-electron chi connectivity index (χ2n) is 6.34. The molecule has 5 nitrogen and oxygen atoms in total. The Labute approximate surface area is 116 Å². The molecule has 5 heteroatoms. The summed E-state index contributed by atoms with van der Waals surface area (Å²) in [4.78, 5) is 13.8. The Balaban J connectivity index is 2.52. The van der Waals surface area contributed by atoms with Crippen LogP contribution in [0.15, 0.2) is 0 Å². The molecule has 1 saturated heterocycles. The van der Waals surface area contributed by atoms with Crippen molar-refractivity contribution < 1.29 is 19.0 Å². The highest BCUT2D eigenvalue weighted by Gasteiger charge is 2.31. The lowest BCUT2D eigenvalue weighted by Gasteiger charge is -2.37. The van der Waals surface area contributed by atoms with Gasteiger partial charge in [-0.3, -0.25) is 0 Å². The van der Waals surface area contributed by atoms with Gasteiger partial charge in [0.05, 0.1) is 38.0 Å². The zero-order chi connectivity index (χ0) is 14.6. The van der Waals surface area contributed by atoms with E-state index in [1.807, 2.05) is 41.5 Å². The summed E-state index contributed by atoms with van der Waals surface area (Å²) in [7, 11) is 0. The van der Waals surface area contributed by atoms with E-state index in [2.05, 4.69) is 0 Å². The Bertz CT molecular complexity index is 298. The highest BCUT2D eigenvalue weighted by atomic mass is 16.6. The molecule has 2 atom stereocenters. The molecule has 1 unspecified atom stereocenters. The summed E-state index contributed by atoms with van der Waals surface area (Å²) in [6, 6.07) is 0. The van der Waals surface area contributed by atoms with Crippen LogP contribution in [0.4, 0.5) is 4.79 Å². The molecule has 1 aliphatic rings. The average molecular weight is 273 g/mol. The number of nitrogens with zero attached hydrogens (tertiary/aromatic N) is 1. The van der Waals surface area contributed by atoms with Crippen LogP contribution in [0, 0.1) is 0 Å². The van der Waals surface area contributed by atoms with Crippen molar-refractivity contribution >= 4 is 6.09 Å². The maximum atomic E-state index is 12.1. The fraction of sp³-hybridized carbons (Fsp3) is 0.929. The van der Waals surface area contributed by atoms with E-state index in [0.29, 0.717) is 19.7 Å². The third kappa shape index (κ3) is 6.25. The van der Waals surface area contributed by atoms with Gasteiger partial charge in [0, 0.05) is 0 Å². The molecule has 112 valence electrons. The van der Waals surface area contributed by atoms with E-state index in [-0.39, 0.29) is 24.4 Å². The number of ether oxygens (including phenoxy) is 3. The fourth-order valence-corrected chi connectivity index (χ4v) is 1.91. The summed E-state index contributed by atoms with van der Waals surface area (Å²) in [5, 5.41) is 0. The van der Waals surface area contributed by atoms with Gasteiger partial charge in [-0.2, -0.15) is 0 Å². The molecule has 0 aromatic heterocycles. The van der Waals surface area contributed by atoms with Gasteiger partial charge >= 0.3 is 6.09 Å². The summed E-state index contributed by atoms with van der Waals surface area (Å²) >= 11 is 0. The topological polar surface area (TPSA) is 48.0 Å². The summed E-state index contributed by atoms with van der Waals surface area (Å²) in [6.45, 7) is 13.1. The van der Waals surface area contributed by atoms with Gasteiger partial charge in [-0.15, -0.1) is 0 Å². The fourth-order valence-electron chi connectivity index (χ4n) is 1.91. The van der Waals surface area contributed by atoms with Crippen molar-refractivity contribution in [3.8, 4) is 0 Å². The zero-order valence-corrected chi connectivity index (χ0v) is 12.9. The molecule has 1 aliphatic heterocycles. The minimum atomic E-state index is -0.470. The van der Waals surface area contributed by atoms with Crippen molar-refractivity contribution in [3.05, 3.63) is 0 Å². The van der Waals surface area contributed by atoms with Crippen LogP contribution in [0.2, 0.25) is 0 Å². The third-order valence-electron chi connectivity index (χ3n) is 2.59. The first-order valence-electron chi connectivity index (χ1n) is 6.92. The Morgan fingerprint density at radius 1 is 1.37 bits per heavy atom. The molecule has 1 fully saturated rings. The van der Waals surface area contributed by atoms with Gasteiger partial charge in [-0.1, -0.05) is 0 Å². The van der Waals surface area contributed by atoms with Crippen LogP contribution in [0.5, 0.6) is 0 Å². The highest BCUT2D eigenvalue weighted by molar-refractivity contribution is 5.68. The standard InChI is InChI=1S/C14H27NO4/c1-10(2)17-9-12-8-15(7-11(3)18-12)13(16)19-14(4,5)6/h10-12H,7-9H2,1-6H3/t11-,12?/m0/s1. The van der Waals surface area contributed by atoms with E-state index in [9.17, 15) is 4.79 Å². The van der Waals surface area contributed by atoms with E-state index in [0.717, 1.165) is 0 Å². The zero-order valence-electron chi connectivity index (χ0n) is 12.9. The monoisotopic (exact) mass is 273 g/mol. The summed E-state index contributed by atoms with van der Waals surface area (Å²) in [5.41, 5.74) is -0.470. The molecule has 0 aliphatic carbocycles. The van der Waals surface area contributed by atoms with E-state index in [1.54, 1.807) is 4.90 Å². The molecule has 0 aromatic rings. The Morgan fingerprint density at radius 3 is 2.53 bits per heavy atom. The van der Waals surface area contributed by atoms with Crippen molar-refractivity contribution in [2.45, 2.75) is 65.5 Å².